The third kappa shape index (κ3) is 5.99. The van der Waals surface area contributed by atoms with E-state index in [9.17, 15) is 14.0 Å². The second kappa shape index (κ2) is 10.5. The summed E-state index contributed by atoms with van der Waals surface area (Å²) in [7, 11) is 0. The van der Waals surface area contributed by atoms with Crippen LogP contribution in [0.15, 0.2) is 54.9 Å². The lowest BCUT2D eigenvalue weighted by Gasteiger charge is -2.20. The van der Waals surface area contributed by atoms with Gasteiger partial charge in [0, 0.05) is 22.8 Å². The van der Waals surface area contributed by atoms with Gasteiger partial charge in [-0.3, -0.25) is 14.6 Å². The van der Waals surface area contributed by atoms with Crippen molar-refractivity contribution >= 4 is 28.2 Å². The molecule has 0 spiro atoms. The SMILES string of the molecule is CC(C)C[C@H](NC(=O)[C@H](C)N)C(=O)Nc1cc(-c2ccc(F)cc2)c(-c2ccncc2)s1. The Morgan fingerprint density at radius 1 is 1.03 bits per heavy atom. The predicted molar refractivity (Wildman–Crippen MR) is 127 cm³/mol. The first-order valence-electron chi connectivity index (χ1n) is 10.4. The maximum absolute atomic E-state index is 13.5. The van der Waals surface area contributed by atoms with Gasteiger partial charge in [0.1, 0.15) is 11.9 Å². The first kappa shape index (κ1) is 23.6. The van der Waals surface area contributed by atoms with Crippen LogP contribution in [0.4, 0.5) is 9.39 Å². The highest BCUT2D eigenvalue weighted by molar-refractivity contribution is 7.20. The number of nitrogens with one attached hydrogen (secondary N) is 2. The average Bonchev–Trinajstić information content (AvgIpc) is 3.17. The summed E-state index contributed by atoms with van der Waals surface area (Å²) in [6.07, 6.45) is 3.88. The maximum atomic E-state index is 13.5. The molecule has 0 aliphatic carbocycles. The molecule has 2 aromatic heterocycles. The van der Waals surface area contributed by atoms with Gasteiger partial charge in [-0.05, 0) is 60.7 Å². The molecule has 0 bridgehead atoms. The number of rotatable bonds is 8. The summed E-state index contributed by atoms with van der Waals surface area (Å²) in [6, 6.07) is 10.5. The van der Waals surface area contributed by atoms with E-state index in [1.807, 2.05) is 32.0 Å². The van der Waals surface area contributed by atoms with Gasteiger partial charge in [0.25, 0.3) is 0 Å². The van der Waals surface area contributed by atoms with Gasteiger partial charge in [-0.15, -0.1) is 11.3 Å². The Balaban J connectivity index is 1.92. The fourth-order valence-corrected chi connectivity index (χ4v) is 4.32. The van der Waals surface area contributed by atoms with Crippen molar-refractivity contribution in [2.45, 2.75) is 39.3 Å². The van der Waals surface area contributed by atoms with Gasteiger partial charge in [0.2, 0.25) is 11.8 Å². The summed E-state index contributed by atoms with van der Waals surface area (Å²) in [5.41, 5.74) is 8.30. The number of carbonyl (C=O) groups is 2. The quantitative estimate of drug-likeness (QED) is 0.469. The molecular weight excluding hydrogens is 427 g/mol. The van der Waals surface area contributed by atoms with E-state index < -0.39 is 12.1 Å². The summed E-state index contributed by atoms with van der Waals surface area (Å²) in [6.45, 7) is 5.55. The van der Waals surface area contributed by atoms with E-state index in [4.69, 9.17) is 5.73 Å². The van der Waals surface area contributed by atoms with Crippen molar-refractivity contribution < 1.29 is 14.0 Å². The van der Waals surface area contributed by atoms with E-state index in [2.05, 4.69) is 15.6 Å². The van der Waals surface area contributed by atoms with Crippen molar-refractivity contribution in [3.63, 3.8) is 0 Å². The second-order valence-electron chi connectivity index (χ2n) is 8.06. The number of benzene rings is 1. The number of nitrogens with zero attached hydrogens (tertiary/aromatic N) is 1. The molecule has 0 unspecified atom stereocenters. The lowest BCUT2D eigenvalue weighted by atomic mass is 10.0. The fraction of sp³-hybridized carbons (Fsp3) is 0.292. The Bertz CT molecular complexity index is 1070. The van der Waals surface area contributed by atoms with Gasteiger partial charge in [-0.25, -0.2) is 4.39 Å². The minimum atomic E-state index is -0.706. The zero-order chi connectivity index (χ0) is 23.3. The van der Waals surface area contributed by atoms with Crippen LogP contribution in [0, 0.1) is 11.7 Å². The van der Waals surface area contributed by atoms with E-state index >= 15 is 0 Å². The van der Waals surface area contributed by atoms with Crippen molar-refractivity contribution in [2.24, 2.45) is 11.7 Å². The van der Waals surface area contributed by atoms with Crippen LogP contribution >= 0.6 is 11.3 Å². The third-order valence-corrected chi connectivity index (χ3v) is 5.93. The highest BCUT2D eigenvalue weighted by Gasteiger charge is 2.24. The monoisotopic (exact) mass is 454 g/mol. The number of carbonyl (C=O) groups excluding carboxylic acids is 2. The van der Waals surface area contributed by atoms with Crippen molar-refractivity contribution in [3.8, 4) is 21.6 Å². The molecule has 1 aromatic carbocycles. The van der Waals surface area contributed by atoms with Crippen LogP contribution in [0.5, 0.6) is 0 Å². The molecule has 2 amide bonds. The molecule has 3 rings (SSSR count). The Labute approximate surface area is 191 Å². The van der Waals surface area contributed by atoms with Crippen molar-refractivity contribution in [2.75, 3.05) is 5.32 Å². The summed E-state index contributed by atoms with van der Waals surface area (Å²) < 4.78 is 13.5. The lowest BCUT2D eigenvalue weighted by Crippen LogP contribution is -2.49. The molecule has 0 aliphatic rings. The van der Waals surface area contributed by atoms with Gasteiger partial charge < -0.3 is 16.4 Å². The van der Waals surface area contributed by atoms with Gasteiger partial charge in [0.15, 0.2) is 0 Å². The van der Waals surface area contributed by atoms with Crippen molar-refractivity contribution in [1.29, 1.82) is 0 Å². The first-order chi connectivity index (χ1) is 15.2. The maximum Gasteiger partial charge on any atom is 0.247 e. The molecule has 0 radical (unpaired) electrons. The zero-order valence-electron chi connectivity index (χ0n) is 18.3. The molecule has 4 N–H and O–H groups in total. The Morgan fingerprint density at radius 2 is 1.69 bits per heavy atom. The lowest BCUT2D eigenvalue weighted by molar-refractivity contribution is -0.127. The van der Waals surface area contributed by atoms with Crippen LogP contribution in [-0.4, -0.2) is 28.9 Å². The van der Waals surface area contributed by atoms with E-state index in [1.54, 1.807) is 31.5 Å². The molecular formula is C24H27FN4O2S. The molecule has 0 fully saturated rings. The summed E-state index contributed by atoms with van der Waals surface area (Å²) >= 11 is 1.41. The second-order valence-corrected chi connectivity index (χ2v) is 9.12. The van der Waals surface area contributed by atoms with Crippen LogP contribution in [0.25, 0.3) is 21.6 Å². The Kier molecular flexibility index (Phi) is 7.71. The minimum absolute atomic E-state index is 0.199. The van der Waals surface area contributed by atoms with Gasteiger partial charge in [-0.2, -0.15) is 0 Å². The van der Waals surface area contributed by atoms with E-state index in [1.165, 1.54) is 23.5 Å². The highest BCUT2D eigenvalue weighted by Crippen LogP contribution is 2.41. The van der Waals surface area contributed by atoms with Crippen LogP contribution in [-0.2, 0) is 9.59 Å². The average molecular weight is 455 g/mol. The van der Waals surface area contributed by atoms with Crippen LogP contribution in [0.1, 0.15) is 27.2 Å². The summed E-state index contributed by atoms with van der Waals surface area (Å²) in [5, 5.41) is 6.30. The van der Waals surface area contributed by atoms with E-state index in [0.717, 1.165) is 21.6 Å². The molecule has 168 valence electrons. The number of hydrogen-bond acceptors (Lipinski definition) is 5. The largest absolute Gasteiger partial charge is 0.343 e. The summed E-state index contributed by atoms with van der Waals surface area (Å²) in [4.78, 5) is 30.1. The molecule has 0 saturated carbocycles. The molecule has 0 saturated heterocycles. The molecule has 2 atom stereocenters. The van der Waals surface area contributed by atoms with Crippen molar-refractivity contribution in [1.82, 2.24) is 10.3 Å². The van der Waals surface area contributed by atoms with Gasteiger partial charge in [-0.1, -0.05) is 26.0 Å². The predicted octanol–water partition coefficient (Wildman–Crippen LogP) is 4.43. The minimum Gasteiger partial charge on any atom is -0.343 e. The molecule has 8 heteroatoms. The number of anilines is 1. The van der Waals surface area contributed by atoms with E-state index in [-0.39, 0.29) is 23.5 Å². The Hall–Kier alpha value is -3.10. The molecule has 6 nitrogen and oxygen atoms in total. The third-order valence-electron chi connectivity index (χ3n) is 4.83. The van der Waals surface area contributed by atoms with Crippen molar-refractivity contribution in [3.05, 3.63) is 60.7 Å². The number of pyridine rings is 1. The number of thiophene rings is 1. The van der Waals surface area contributed by atoms with Gasteiger partial charge >= 0.3 is 0 Å². The molecule has 0 aliphatic heterocycles. The number of hydrogen-bond donors (Lipinski definition) is 3. The molecule has 32 heavy (non-hydrogen) atoms. The molecule has 3 aromatic rings. The van der Waals surface area contributed by atoms with Crippen LogP contribution in [0.3, 0.4) is 0 Å². The zero-order valence-corrected chi connectivity index (χ0v) is 19.1. The number of nitrogens with two attached hydrogens (primary N) is 1. The normalized spacial score (nSPS) is 12.9. The van der Waals surface area contributed by atoms with Crippen LogP contribution in [0.2, 0.25) is 0 Å². The summed E-state index contributed by atoms with van der Waals surface area (Å²) in [5.74, 6) is -0.795. The number of amides is 2. The standard InChI is InChI=1S/C24H27FN4O2S/c1-14(2)12-20(28-23(30)15(3)26)24(31)29-21-13-19(16-4-6-18(25)7-5-16)22(32-21)17-8-10-27-11-9-17/h4-11,13-15,20H,12,26H2,1-3H3,(H,28,30)(H,29,31)/t15-,20-/m0/s1. The smallest absolute Gasteiger partial charge is 0.247 e. The van der Waals surface area contributed by atoms with Crippen LogP contribution < -0.4 is 16.4 Å². The number of halogens is 1. The molecule has 2 heterocycles. The topological polar surface area (TPSA) is 97.1 Å². The van der Waals surface area contributed by atoms with E-state index in [0.29, 0.717) is 11.4 Å². The number of aromatic nitrogens is 1. The Morgan fingerprint density at radius 3 is 2.28 bits per heavy atom. The highest BCUT2D eigenvalue weighted by atomic mass is 32.1. The van der Waals surface area contributed by atoms with Gasteiger partial charge in [0.05, 0.1) is 11.0 Å². The fourth-order valence-electron chi connectivity index (χ4n) is 3.23. The first-order valence-corrected chi connectivity index (χ1v) is 11.2.